The minimum atomic E-state index is -0.576. The minimum Gasteiger partial charge on any atom is -0.462 e. The second-order valence-electron chi connectivity index (χ2n) is 11.1. The number of aliphatic hydroxyl groups is 1. The van der Waals surface area contributed by atoms with Crippen LogP contribution in [-0.2, 0) is 19.1 Å². The molecular weight excluding hydrogens is 380 g/mol. The van der Waals surface area contributed by atoms with Crippen molar-refractivity contribution in [3.8, 4) is 0 Å². The van der Waals surface area contributed by atoms with Crippen LogP contribution in [0.15, 0.2) is 0 Å². The van der Waals surface area contributed by atoms with Crippen LogP contribution < -0.4 is 0 Å². The van der Waals surface area contributed by atoms with Crippen LogP contribution in [0.3, 0.4) is 0 Å². The Bertz CT molecular complexity index is 615. The molecule has 172 valence electrons. The molecule has 1 heterocycles. The third-order valence-corrected chi connectivity index (χ3v) is 8.28. The van der Waals surface area contributed by atoms with Crippen molar-refractivity contribution >= 4 is 11.9 Å². The maximum Gasteiger partial charge on any atom is 0.311 e. The zero-order chi connectivity index (χ0) is 22.1. The summed E-state index contributed by atoms with van der Waals surface area (Å²) in [6.45, 7) is 10.6. The number of carbonyl (C=O) groups excluding carboxylic acids is 2. The van der Waals surface area contributed by atoms with Gasteiger partial charge in [-0.05, 0) is 76.0 Å². The van der Waals surface area contributed by atoms with Crippen LogP contribution in [0.1, 0.15) is 92.4 Å². The molecule has 2 aliphatic carbocycles. The lowest BCUT2D eigenvalue weighted by Crippen LogP contribution is -2.48. The summed E-state index contributed by atoms with van der Waals surface area (Å²) >= 11 is 0. The summed E-state index contributed by atoms with van der Waals surface area (Å²) in [5.74, 6) is 2.28. The monoisotopic (exact) mass is 422 g/mol. The number of fused-ring (bicyclic) bond motifs is 1. The fourth-order valence-electron chi connectivity index (χ4n) is 6.09. The van der Waals surface area contributed by atoms with E-state index in [2.05, 4.69) is 13.8 Å². The summed E-state index contributed by atoms with van der Waals surface area (Å²) in [6.07, 6.45) is 7.02. The molecule has 5 heteroatoms. The number of carbonyl (C=O) groups is 2. The highest BCUT2D eigenvalue weighted by atomic mass is 16.6. The molecule has 0 bridgehead atoms. The largest absolute Gasteiger partial charge is 0.462 e. The molecule has 3 rings (SSSR count). The van der Waals surface area contributed by atoms with E-state index >= 15 is 0 Å². The van der Waals surface area contributed by atoms with Crippen molar-refractivity contribution < 1.29 is 24.2 Å². The third kappa shape index (κ3) is 5.38. The standard InChI is InChI=1S/C25H42O5/c1-6-25(4,5)24(28)30-21-12-15(2)11-17-8-7-16(3)20(23(17)21)10-9-19-13-18(26)14-22(27)29-19/h15-21,23,26H,6-14H2,1-5H3/t15-,16+,17?,18+,19?,20?,21-,23?/m0/s1. The highest BCUT2D eigenvalue weighted by Gasteiger charge is 2.47. The summed E-state index contributed by atoms with van der Waals surface area (Å²) in [5.41, 5.74) is -0.446. The maximum absolute atomic E-state index is 12.9. The first-order chi connectivity index (χ1) is 14.1. The summed E-state index contributed by atoms with van der Waals surface area (Å²) in [7, 11) is 0. The lowest BCUT2D eigenvalue weighted by molar-refractivity contribution is -0.174. The molecule has 3 aliphatic rings. The first-order valence-electron chi connectivity index (χ1n) is 12.2. The van der Waals surface area contributed by atoms with E-state index in [9.17, 15) is 14.7 Å². The number of hydrogen-bond donors (Lipinski definition) is 1. The lowest BCUT2D eigenvalue weighted by atomic mass is 9.58. The van der Waals surface area contributed by atoms with E-state index in [1.807, 2.05) is 20.8 Å². The smallest absolute Gasteiger partial charge is 0.311 e. The number of ether oxygens (including phenoxy) is 2. The van der Waals surface area contributed by atoms with E-state index in [4.69, 9.17) is 9.47 Å². The molecule has 5 nitrogen and oxygen atoms in total. The maximum atomic E-state index is 12.9. The second-order valence-corrected chi connectivity index (χ2v) is 11.1. The number of cyclic esters (lactones) is 1. The molecule has 0 aromatic rings. The molecule has 0 aromatic carbocycles. The molecule has 0 radical (unpaired) electrons. The van der Waals surface area contributed by atoms with Gasteiger partial charge >= 0.3 is 11.9 Å². The Morgan fingerprint density at radius 3 is 2.57 bits per heavy atom. The van der Waals surface area contributed by atoms with Crippen molar-refractivity contribution in [2.45, 2.75) is 111 Å². The molecule has 8 atom stereocenters. The van der Waals surface area contributed by atoms with Gasteiger partial charge in [-0.2, -0.15) is 0 Å². The zero-order valence-electron chi connectivity index (χ0n) is 19.6. The van der Waals surface area contributed by atoms with Gasteiger partial charge < -0.3 is 14.6 Å². The Kier molecular flexibility index (Phi) is 7.53. The zero-order valence-corrected chi connectivity index (χ0v) is 19.6. The molecule has 1 N–H and O–H groups in total. The number of esters is 2. The average molecular weight is 423 g/mol. The summed E-state index contributed by atoms with van der Waals surface area (Å²) in [6, 6.07) is 0. The number of hydrogen-bond acceptors (Lipinski definition) is 5. The SMILES string of the molecule is CCC(C)(C)C(=O)O[C@H]1C[C@@H](C)CC2CC[C@@H](C)C(CCC3C[C@@H](O)CC(=O)O3)C21. The highest BCUT2D eigenvalue weighted by molar-refractivity contribution is 5.76. The molecule has 30 heavy (non-hydrogen) atoms. The van der Waals surface area contributed by atoms with E-state index in [0.29, 0.717) is 36.0 Å². The summed E-state index contributed by atoms with van der Waals surface area (Å²) < 4.78 is 11.7. The first-order valence-corrected chi connectivity index (χ1v) is 12.2. The van der Waals surface area contributed by atoms with Gasteiger partial charge in [-0.15, -0.1) is 0 Å². The topological polar surface area (TPSA) is 72.8 Å². The van der Waals surface area contributed by atoms with Crippen LogP contribution in [-0.4, -0.2) is 35.4 Å². The van der Waals surface area contributed by atoms with Crippen molar-refractivity contribution in [3.05, 3.63) is 0 Å². The third-order valence-electron chi connectivity index (χ3n) is 8.28. The Morgan fingerprint density at radius 1 is 1.17 bits per heavy atom. The van der Waals surface area contributed by atoms with Crippen molar-refractivity contribution in [1.82, 2.24) is 0 Å². The molecule has 0 spiro atoms. The number of rotatable bonds is 6. The Labute approximate surface area is 182 Å². The van der Waals surface area contributed by atoms with Crippen LogP contribution in [0, 0.1) is 35.0 Å². The van der Waals surface area contributed by atoms with Gasteiger partial charge in [-0.1, -0.05) is 27.2 Å². The van der Waals surface area contributed by atoms with Gasteiger partial charge in [0.1, 0.15) is 12.2 Å². The molecule has 0 amide bonds. The van der Waals surface area contributed by atoms with E-state index in [-0.39, 0.29) is 30.6 Å². The van der Waals surface area contributed by atoms with Crippen LogP contribution >= 0.6 is 0 Å². The summed E-state index contributed by atoms with van der Waals surface area (Å²) in [4.78, 5) is 24.6. The van der Waals surface area contributed by atoms with Crippen molar-refractivity contribution in [3.63, 3.8) is 0 Å². The second kappa shape index (κ2) is 9.58. The van der Waals surface area contributed by atoms with Gasteiger partial charge in [0.25, 0.3) is 0 Å². The van der Waals surface area contributed by atoms with E-state index in [0.717, 1.165) is 25.7 Å². The van der Waals surface area contributed by atoms with E-state index in [1.165, 1.54) is 19.3 Å². The van der Waals surface area contributed by atoms with Gasteiger partial charge in [-0.25, -0.2) is 0 Å². The first kappa shape index (κ1) is 23.6. The van der Waals surface area contributed by atoms with Crippen molar-refractivity contribution in [2.24, 2.45) is 35.0 Å². The van der Waals surface area contributed by atoms with Gasteiger partial charge in [0.05, 0.1) is 17.9 Å². The molecule has 3 fully saturated rings. The molecule has 1 saturated heterocycles. The average Bonchev–Trinajstić information content (AvgIpc) is 2.66. The van der Waals surface area contributed by atoms with E-state index < -0.39 is 11.5 Å². The van der Waals surface area contributed by atoms with Crippen LogP contribution in [0.5, 0.6) is 0 Å². The quantitative estimate of drug-likeness (QED) is 0.617. The van der Waals surface area contributed by atoms with Crippen LogP contribution in [0.25, 0.3) is 0 Å². The van der Waals surface area contributed by atoms with Crippen LogP contribution in [0.2, 0.25) is 0 Å². The Morgan fingerprint density at radius 2 is 1.90 bits per heavy atom. The molecular formula is C25H42O5. The molecule has 4 unspecified atom stereocenters. The predicted molar refractivity (Wildman–Crippen MR) is 116 cm³/mol. The normalized spacial score (nSPS) is 39.7. The lowest BCUT2D eigenvalue weighted by Gasteiger charge is -2.50. The van der Waals surface area contributed by atoms with Crippen molar-refractivity contribution in [1.29, 1.82) is 0 Å². The van der Waals surface area contributed by atoms with Gasteiger partial charge in [0.2, 0.25) is 0 Å². The molecule has 0 aromatic heterocycles. The molecule has 2 saturated carbocycles. The summed E-state index contributed by atoms with van der Waals surface area (Å²) in [5, 5.41) is 9.94. The fourth-order valence-corrected chi connectivity index (χ4v) is 6.09. The molecule has 1 aliphatic heterocycles. The minimum absolute atomic E-state index is 0.00989. The predicted octanol–water partition coefficient (Wildman–Crippen LogP) is 4.89. The van der Waals surface area contributed by atoms with Gasteiger partial charge in [0, 0.05) is 12.3 Å². The fraction of sp³-hybridized carbons (Fsp3) is 0.920. The van der Waals surface area contributed by atoms with Crippen molar-refractivity contribution in [2.75, 3.05) is 0 Å². The van der Waals surface area contributed by atoms with Gasteiger partial charge in [0.15, 0.2) is 0 Å². The Balaban J connectivity index is 1.72. The van der Waals surface area contributed by atoms with Gasteiger partial charge in [-0.3, -0.25) is 9.59 Å². The van der Waals surface area contributed by atoms with Crippen LogP contribution in [0.4, 0.5) is 0 Å². The Hall–Kier alpha value is -1.10. The highest BCUT2D eigenvalue weighted by Crippen LogP contribution is 2.51. The van der Waals surface area contributed by atoms with E-state index in [1.54, 1.807) is 0 Å². The number of aliphatic hydroxyl groups excluding tert-OH is 1.